The zero-order valence-electron chi connectivity index (χ0n) is 11.6. The molecule has 1 N–H and O–H groups in total. The Labute approximate surface area is 126 Å². The van der Waals surface area contributed by atoms with Gasteiger partial charge in [-0.15, -0.1) is 10.2 Å². The van der Waals surface area contributed by atoms with Gasteiger partial charge in [-0.1, -0.05) is 48.5 Å². The number of hydrogen-bond acceptors (Lipinski definition) is 4. The summed E-state index contributed by atoms with van der Waals surface area (Å²) in [5.41, 5.74) is 0.853. The molecule has 4 aromatic rings. The normalized spacial score (nSPS) is 10.7. The quantitative estimate of drug-likeness (QED) is 0.622. The largest absolute Gasteiger partial charge is 0.457 e. The number of aromatic nitrogens is 4. The third-order valence-corrected chi connectivity index (χ3v) is 3.42. The first-order valence-electron chi connectivity index (χ1n) is 6.90. The van der Waals surface area contributed by atoms with Crippen LogP contribution in [0.15, 0.2) is 66.7 Å². The fourth-order valence-corrected chi connectivity index (χ4v) is 2.39. The van der Waals surface area contributed by atoms with Gasteiger partial charge in [0.1, 0.15) is 11.5 Å². The van der Waals surface area contributed by atoms with E-state index in [0.29, 0.717) is 5.82 Å². The summed E-state index contributed by atoms with van der Waals surface area (Å²) in [6.45, 7) is 0. The lowest BCUT2D eigenvalue weighted by Crippen LogP contribution is -1.87. The number of fused-ring (bicyclic) bond motifs is 1. The number of ether oxygens (including phenoxy) is 1. The minimum Gasteiger partial charge on any atom is -0.457 e. The maximum absolute atomic E-state index is 6.04. The number of rotatable bonds is 3. The summed E-state index contributed by atoms with van der Waals surface area (Å²) in [4.78, 5) is 0. The predicted molar refractivity (Wildman–Crippen MR) is 83.6 cm³/mol. The Morgan fingerprint density at radius 1 is 0.864 bits per heavy atom. The van der Waals surface area contributed by atoms with E-state index in [1.54, 1.807) is 0 Å². The third kappa shape index (κ3) is 2.29. The maximum Gasteiger partial charge on any atom is 0.204 e. The molecule has 22 heavy (non-hydrogen) atoms. The number of aromatic amines is 1. The number of nitrogens with zero attached hydrogens (tertiary/aromatic N) is 3. The molecule has 0 saturated carbocycles. The average molecular weight is 288 g/mol. The number of H-pyrrole nitrogens is 1. The number of benzene rings is 3. The molecule has 0 aliphatic rings. The highest BCUT2D eigenvalue weighted by Gasteiger charge is 2.06. The van der Waals surface area contributed by atoms with Gasteiger partial charge in [0.15, 0.2) is 0 Å². The van der Waals surface area contributed by atoms with Crippen LogP contribution in [0.4, 0.5) is 0 Å². The lowest BCUT2D eigenvalue weighted by atomic mass is 10.1. The average Bonchev–Trinajstić information content (AvgIpc) is 3.10. The van der Waals surface area contributed by atoms with Gasteiger partial charge < -0.3 is 4.74 Å². The molecule has 1 aromatic heterocycles. The van der Waals surface area contributed by atoms with Gasteiger partial charge in [-0.05, 0) is 28.8 Å². The Kier molecular flexibility index (Phi) is 3.01. The Balaban J connectivity index is 1.73. The summed E-state index contributed by atoms with van der Waals surface area (Å²) in [7, 11) is 0. The first-order valence-corrected chi connectivity index (χ1v) is 6.90. The van der Waals surface area contributed by atoms with Gasteiger partial charge in [-0.3, -0.25) is 0 Å². The fourth-order valence-electron chi connectivity index (χ4n) is 2.39. The van der Waals surface area contributed by atoms with Gasteiger partial charge in [0.05, 0.1) is 0 Å². The van der Waals surface area contributed by atoms with E-state index in [4.69, 9.17) is 4.74 Å². The molecule has 106 valence electrons. The summed E-state index contributed by atoms with van der Waals surface area (Å²) >= 11 is 0. The van der Waals surface area contributed by atoms with Crippen molar-refractivity contribution < 1.29 is 4.74 Å². The van der Waals surface area contributed by atoms with Crippen LogP contribution in [0.25, 0.3) is 22.2 Å². The molecule has 0 spiro atoms. The zero-order valence-corrected chi connectivity index (χ0v) is 11.6. The molecule has 0 fully saturated rings. The Morgan fingerprint density at radius 3 is 2.64 bits per heavy atom. The van der Waals surface area contributed by atoms with Crippen molar-refractivity contribution in [2.75, 3.05) is 0 Å². The van der Waals surface area contributed by atoms with Gasteiger partial charge >= 0.3 is 0 Å². The molecule has 0 unspecified atom stereocenters. The fraction of sp³-hybridized carbons (Fsp3) is 0. The van der Waals surface area contributed by atoms with Crippen LogP contribution in [0.3, 0.4) is 0 Å². The molecule has 0 atom stereocenters. The van der Waals surface area contributed by atoms with Crippen molar-refractivity contribution in [3.63, 3.8) is 0 Å². The first kappa shape index (κ1) is 12.5. The first-order chi connectivity index (χ1) is 10.9. The molecule has 0 aliphatic heterocycles. The van der Waals surface area contributed by atoms with Crippen LogP contribution in [0.1, 0.15) is 0 Å². The number of tetrazole rings is 1. The van der Waals surface area contributed by atoms with Crippen molar-refractivity contribution in [3.8, 4) is 22.9 Å². The highest BCUT2D eigenvalue weighted by atomic mass is 16.5. The lowest BCUT2D eigenvalue weighted by Gasteiger charge is -2.09. The Bertz CT molecular complexity index is 914. The molecule has 0 saturated heterocycles. The van der Waals surface area contributed by atoms with E-state index in [-0.39, 0.29) is 0 Å². The standard InChI is InChI=1S/C17H12N4O/c1-2-9-15-12(5-1)6-4-10-16(15)22-14-8-3-7-13(11-14)17-18-20-21-19-17/h1-11H,(H,18,19,20,21). The maximum atomic E-state index is 6.04. The molecule has 1 heterocycles. The van der Waals surface area contributed by atoms with Crippen LogP contribution >= 0.6 is 0 Å². The van der Waals surface area contributed by atoms with Crippen molar-refractivity contribution >= 4 is 10.8 Å². The van der Waals surface area contributed by atoms with E-state index in [1.807, 2.05) is 54.6 Å². The lowest BCUT2D eigenvalue weighted by molar-refractivity contribution is 0.488. The Morgan fingerprint density at radius 2 is 1.73 bits per heavy atom. The molecular weight excluding hydrogens is 276 g/mol. The van der Waals surface area contributed by atoms with E-state index in [1.165, 1.54) is 0 Å². The summed E-state index contributed by atoms with van der Waals surface area (Å²) in [6.07, 6.45) is 0. The van der Waals surface area contributed by atoms with Crippen LogP contribution in [0, 0.1) is 0 Å². The third-order valence-electron chi connectivity index (χ3n) is 3.42. The zero-order chi connectivity index (χ0) is 14.8. The van der Waals surface area contributed by atoms with Gasteiger partial charge in [-0.2, -0.15) is 5.21 Å². The van der Waals surface area contributed by atoms with E-state index < -0.39 is 0 Å². The SMILES string of the molecule is c1cc(Oc2cccc3ccccc23)cc(-c2nn[nH]n2)c1. The van der Waals surface area contributed by atoms with Gasteiger partial charge in [0.2, 0.25) is 5.82 Å². The van der Waals surface area contributed by atoms with E-state index in [9.17, 15) is 0 Å². The highest BCUT2D eigenvalue weighted by molar-refractivity contribution is 5.88. The molecule has 3 aromatic carbocycles. The van der Waals surface area contributed by atoms with Crippen molar-refractivity contribution in [1.82, 2.24) is 20.6 Å². The summed E-state index contributed by atoms with van der Waals surface area (Å²) in [6, 6.07) is 21.8. The molecule has 0 aliphatic carbocycles. The predicted octanol–water partition coefficient (Wildman–Crippen LogP) is 3.81. The smallest absolute Gasteiger partial charge is 0.204 e. The van der Waals surface area contributed by atoms with Crippen LogP contribution in [0.2, 0.25) is 0 Å². The highest BCUT2D eigenvalue weighted by Crippen LogP contribution is 2.31. The topological polar surface area (TPSA) is 63.7 Å². The summed E-state index contributed by atoms with van der Waals surface area (Å²) in [5.74, 6) is 2.10. The van der Waals surface area contributed by atoms with Crippen LogP contribution in [-0.4, -0.2) is 20.6 Å². The second kappa shape index (κ2) is 5.29. The van der Waals surface area contributed by atoms with Crippen LogP contribution in [0.5, 0.6) is 11.5 Å². The molecule has 0 bridgehead atoms. The summed E-state index contributed by atoms with van der Waals surface area (Å²) < 4.78 is 6.04. The molecule has 4 rings (SSSR count). The minimum atomic E-state index is 0.545. The van der Waals surface area contributed by atoms with Crippen molar-refractivity contribution in [3.05, 3.63) is 66.7 Å². The number of nitrogens with one attached hydrogen (secondary N) is 1. The van der Waals surface area contributed by atoms with Gasteiger partial charge in [0.25, 0.3) is 0 Å². The van der Waals surface area contributed by atoms with E-state index in [0.717, 1.165) is 27.8 Å². The van der Waals surface area contributed by atoms with Gasteiger partial charge in [-0.25, -0.2) is 0 Å². The molecule has 0 amide bonds. The van der Waals surface area contributed by atoms with Crippen molar-refractivity contribution in [2.24, 2.45) is 0 Å². The monoisotopic (exact) mass is 288 g/mol. The van der Waals surface area contributed by atoms with Crippen LogP contribution in [-0.2, 0) is 0 Å². The minimum absolute atomic E-state index is 0.545. The molecule has 0 radical (unpaired) electrons. The van der Waals surface area contributed by atoms with E-state index in [2.05, 4.69) is 32.8 Å². The second-order valence-corrected chi connectivity index (χ2v) is 4.84. The number of hydrogen-bond donors (Lipinski definition) is 1. The van der Waals surface area contributed by atoms with Crippen molar-refractivity contribution in [1.29, 1.82) is 0 Å². The second-order valence-electron chi connectivity index (χ2n) is 4.84. The van der Waals surface area contributed by atoms with Crippen LogP contribution < -0.4 is 4.74 Å². The van der Waals surface area contributed by atoms with Gasteiger partial charge in [0, 0.05) is 10.9 Å². The van der Waals surface area contributed by atoms with Crippen molar-refractivity contribution in [2.45, 2.75) is 0 Å². The molecular formula is C17H12N4O. The molecule has 5 heteroatoms. The Hall–Kier alpha value is -3.21. The molecule has 5 nitrogen and oxygen atoms in total. The van der Waals surface area contributed by atoms with E-state index >= 15 is 0 Å². The summed E-state index contributed by atoms with van der Waals surface area (Å²) in [5, 5.41) is 16.2.